The summed E-state index contributed by atoms with van der Waals surface area (Å²) in [6, 6.07) is 2.24. The molecule has 1 rings (SSSR count). The lowest BCUT2D eigenvalue weighted by atomic mass is 10.2. The lowest BCUT2D eigenvalue weighted by molar-refractivity contribution is 0.0953. The van der Waals surface area contributed by atoms with Gasteiger partial charge in [-0.2, -0.15) is 0 Å². The summed E-state index contributed by atoms with van der Waals surface area (Å²) >= 11 is 11.4. The lowest BCUT2D eigenvalue weighted by Gasteiger charge is -2.08. The van der Waals surface area contributed by atoms with Crippen molar-refractivity contribution in [3.63, 3.8) is 0 Å². The first-order valence-electron chi connectivity index (χ1n) is 5.68. The van der Waals surface area contributed by atoms with Crippen LogP contribution in [-0.4, -0.2) is 39.3 Å². The topological polar surface area (TPSA) is 50.4 Å². The fourth-order valence-electron chi connectivity index (χ4n) is 1.36. The monoisotopic (exact) mass is 344 g/mol. The van der Waals surface area contributed by atoms with E-state index < -0.39 is 11.7 Å². The predicted molar refractivity (Wildman–Crippen MR) is 80.7 cm³/mol. The van der Waals surface area contributed by atoms with Crippen LogP contribution in [0.15, 0.2) is 12.1 Å². The van der Waals surface area contributed by atoms with Crippen molar-refractivity contribution in [3.8, 4) is 0 Å². The van der Waals surface area contributed by atoms with Gasteiger partial charge in [-0.05, 0) is 12.1 Å². The summed E-state index contributed by atoms with van der Waals surface area (Å²) in [7, 11) is 1.61. The molecule has 0 aromatic heterocycles. The van der Waals surface area contributed by atoms with Gasteiger partial charge in [-0.15, -0.1) is 12.4 Å². The van der Waals surface area contributed by atoms with Crippen LogP contribution in [0.4, 0.5) is 4.39 Å². The van der Waals surface area contributed by atoms with Crippen LogP contribution in [0.1, 0.15) is 10.4 Å². The smallest absolute Gasteiger partial charge is 0.252 e. The number of ether oxygens (including phenoxy) is 1. The van der Waals surface area contributed by atoms with E-state index in [2.05, 4.69) is 10.6 Å². The van der Waals surface area contributed by atoms with Gasteiger partial charge in [0.2, 0.25) is 0 Å². The Hall–Kier alpha value is -0.590. The average molecular weight is 346 g/mol. The first-order chi connectivity index (χ1) is 9.06. The van der Waals surface area contributed by atoms with Crippen molar-refractivity contribution in [2.45, 2.75) is 0 Å². The van der Waals surface area contributed by atoms with Crippen LogP contribution in [0.25, 0.3) is 0 Å². The Balaban J connectivity index is 0.00000361. The fraction of sp³-hybridized carbons (Fsp3) is 0.417. The summed E-state index contributed by atoms with van der Waals surface area (Å²) in [5, 5.41) is 5.70. The Morgan fingerprint density at radius 2 is 1.95 bits per heavy atom. The molecule has 0 aliphatic carbocycles. The lowest BCUT2D eigenvalue weighted by Crippen LogP contribution is -2.33. The molecule has 0 spiro atoms. The van der Waals surface area contributed by atoms with E-state index >= 15 is 0 Å². The number of nitrogens with one attached hydrogen (secondary N) is 2. The quantitative estimate of drug-likeness (QED) is 0.590. The van der Waals surface area contributed by atoms with Crippen molar-refractivity contribution < 1.29 is 13.9 Å². The number of benzene rings is 1. The number of carbonyl (C=O) groups is 1. The minimum Gasteiger partial charge on any atom is -0.383 e. The molecule has 114 valence electrons. The minimum absolute atomic E-state index is 0. The second kappa shape index (κ2) is 10.2. The molecule has 0 saturated carbocycles. The summed E-state index contributed by atoms with van der Waals surface area (Å²) in [5.74, 6) is -1.11. The van der Waals surface area contributed by atoms with E-state index in [-0.39, 0.29) is 28.0 Å². The number of methoxy groups -OCH3 is 1. The Bertz CT molecular complexity index is 447. The van der Waals surface area contributed by atoms with Crippen LogP contribution in [0.2, 0.25) is 10.0 Å². The molecule has 2 N–H and O–H groups in total. The van der Waals surface area contributed by atoms with Crippen LogP contribution in [0, 0.1) is 5.82 Å². The standard InChI is InChI=1S/C12H15Cl2FN2O2.ClH/c1-19-5-4-16-2-3-17-12(18)8-6-11(15)10(14)7-9(8)13;/h6-7,16H,2-5H2,1H3,(H,17,18);1H. The summed E-state index contributed by atoms with van der Waals surface area (Å²) < 4.78 is 18.1. The van der Waals surface area contributed by atoms with Gasteiger partial charge in [-0.1, -0.05) is 23.2 Å². The van der Waals surface area contributed by atoms with E-state index in [4.69, 9.17) is 27.9 Å². The Morgan fingerprint density at radius 1 is 1.25 bits per heavy atom. The zero-order valence-corrected chi connectivity index (χ0v) is 13.2. The third kappa shape index (κ3) is 6.24. The molecule has 8 heteroatoms. The van der Waals surface area contributed by atoms with E-state index in [0.29, 0.717) is 26.2 Å². The Kier molecular flexibility index (Phi) is 9.88. The molecule has 4 nitrogen and oxygen atoms in total. The summed E-state index contributed by atoms with van der Waals surface area (Å²) in [6.07, 6.45) is 0. The van der Waals surface area contributed by atoms with Crippen LogP contribution in [-0.2, 0) is 4.74 Å². The second-order valence-corrected chi connectivity index (χ2v) is 4.56. The second-order valence-electron chi connectivity index (χ2n) is 3.74. The molecular weight excluding hydrogens is 330 g/mol. The summed E-state index contributed by atoms with van der Waals surface area (Å²) in [4.78, 5) is 11.8. The van der Waals surface area contributed by atoms with E-state index in [0.717, 1.165) is 6.07 Å². The highest BCUT2D eigenvalue weighted by molar-refractivity contribution is 6.36. The summed E-state index contributed by atoms with van der Waals surface area (Å²) in [5.41, 5.74) is 0.0699. The van der Waals surface area contributed by atoms with Gasteiger partial charge in [0.1, 0.15) is 5.82 Å². The van der Waals surface area contributed by atoms with Gasteiger partial charge in [0, 0.05) is 26.7 Å². The van der Waals surface area contributed by atoms with Gasteiger partial charge < -0.3 is 15.4 Å². The number of rotatable bonds is 7. The number of hydrogen-bond acceptors (Lipinski definition) is 3. The van der Waals surface area contributed by atoms with Crippen molar-refractivity contribution >= 4 is 41.5 Å². The molecule has 1 amide bonds. The van der Waals surface area contributed by atoms with Gasteiger partial charge in [0.25, 0.3) is 5.91 Å². The van der Waals surface area contributed by atoms with Crippen molar-refractivity contribution in [1.29, 1.82) is 0 Å². The van der Waals surface area contributed by atoms with E-state index in [1.54, 1.807) is 7.11 Å². The van der Waals surface area contributed by atoms with E-state index in [9.17, 15) is 9.18 Å². The van der Waals surface area contributed by atoms with Gasteiger partial charge in [0.15, 0.2) is 0 Å². The van der Waals surface area contributed by atoms with Gasteiger partial charge in [0.05, 0.1) is 22.2 Å². The van der Waals surface area contributed by atoms with E-state index in [1.807, 2.05) is 0 Å². The molecule has 0 saturated heterocycles. The van der Waals surface area contributed by atoms with E-state index in [1.165, 1.54) is 6.07 Å². The SMILES string of the molecule is COCCNCCNC(=O)c1cc(F)c(Cl)cc1Cl.Cl. The van der Waals surface area contributed by atoms with Crippen molar-refractivity contribution in [2.24, 2.45) is 0 Å². The third-order valence-corrected chi connectivity index (χ3v) is 2.93. The maximum Gasteiger partial charge on any atom is 0.252 e. The van der Waals surface area contributed by atoms with Crippen LogP contribution >= 0.6 is 35.6 Å². The van der Waals surface area contributed by atoms with Crippen molar-refractivity contribution in [2.75, 3.05) is 33.4 Å². The first-order valence-corrected chi connectivity index (χ1v) is 6.44. The number of carbonyl (C=O) groups excluding carboxylic acids is 1. The molecule has 0 atom stereocenters. The van der Waals surface area contributed by atoms with Crippen LogP contribution < -0.4 is 10.6 Å². The van der Waals surface area contributed by atoms with Gasteiger partial charge in [-0.25, -0.2) is 4.39 Å². The van der Waals surface area contributed by atoms with Gasteiger partial charge in [-0.3, -0.25) is 4.79 Å². The van der Waals surface area contributed by atoms with Crippen molar-refractivity contribution in [3.05, 3.63) is 33.6 Å². The molecule has 0 aliphatic rings. The average Bonchev–Trinajstić information content (AvgIpc) is 2.37. The molecule has 20 heavy (non-hydrogen) atoms. The van der Waals surface area contributed by atoms with Crippen LogP contribution in [0.5, 0.6) is 0 Å². The molecule has 1 aromatic rings. The molecular formula is C12H16Cl3FN2O2. The number of halogens is 4. The normalized spacial score (nSPS) is 10.0. The molecule has 0 heterocycles. The number of hydrogen-bond donors (Lipinski definition) is 2. The Morgan fingerprint density at radius 3 is 2.60 bits per heavy atom. The maximum absolute atomic E-state index is 13.3. The number of amides is 1. The molecule has 0 radical (unpaired) electrons. The maximum atomic E-state index is 13.3. The largest absolute Gasteiger partial charge is 0.383 e. The molecule has 1 aromatic carbocycles. The molecule has 0 fully saturated rings. The highest BCUT2D eigenvalue weighted by Crippen LogP contribution is 2.24. The minimum atomic E-state index is -0.672. The highest BCUT2D eigenvalue weighted by Gasteiger charge is 2.13. The molecule has 0 unspecified atom stereocenters. The van der Waals surface area contributed by atoms with Crippen LogP contribution in [0.3, 0.4) is 0 Å². The molecule has 0 aliphatic heterocycles. The fourth-order valence-corrected chi connectivity index (χ4v) is 1.82. The predicted octanol–water partition coefficient (Wildman–Crippen LogP) is 2.52. The molecule has 0 bridgehead atoms. The summed E-state index contributed by atoms with van der Waals surface area (Å²) in [6.45, 7) is 2.29. The van der Waals surface area contributed by atoms with Gasteiger partial charge >= 0.3 is 0 Å². The highest BCUT2D eigenvalue weighted by atomic mass is 35.5. The third-order valence-electron chi connectivity index (χ3n) is 2.32. The zero-order valence-electron chi connectivity index (χ0n) is 10.8. The first kappa shape index (κ1) is 19.4. The van der Waals surface area contributed by atoms with Crippen molar-refractivity contribution in [1.82, 2.24) is 10.6 Å². The Labute approximate surface area is 133 Å². The zero-order chi connectivity index (χ0) is 14.3.